The molecule has 0 saturated carbocycles. The van der Waals surface area contributed by atoms with Crippen molar-refractivity contribution in [1.82, 2.24) is 19.9 Å². The van der Waals surface area contributed by atoms with Crippen molar-refractivity contribution in [2.75, 3.05) is 13.7 Å². The molecule has 0 radical (unpaired) electrons. The van der Waals surface area contributed by atoms with Crippen molar-refractivity contribution in [3.8, 4) is 0 Å². The minimum absolute atomic E-state index is 0.139. The van der Waals surface area contributed by atoms with Crippen LogP contribution in [0.2, 0.25) is 0 Å². The highest BCUT2D eigenvalue weighted by molar-refractivity contribution is 6.00. The van der Waals surface area contributed by atoms with Crippen molar-refractivity contribution in [2.24, 2.45) is 0 Å². The van der Waals surface area contributed by atoms with Gasteiger partial charge in [-0.3, -0.25) is 9.59 Å². The molecule has 2 heterocycles. The van der Waals surface area contributed by atoms with Gasteiger partial charge in [0.05, 0.1) is 30.1 Å². The second-order valence-electron chi connectivity index (χ2n) is 6.47. The first-order valence-corrected chi connectivity index (χ1v) is 8.92. The molecule has 0 atom stereocenters. The second kappa shape index (κ2) is 7.67. The molecule has 0 fully saturated rings. The van der Waals surface area contributed by atoms with E-state index in [1.54, 1.807) is 43.0 Å². The van der Waals surface area contributed by atoms with Crippen molar-refractivity contribution in [3.05, 3.63) is 63.0 Å². The van der Waals surface area contributed by atoms with Gasteiger partial charge in [-0.25, -0.2) is 9.78 Å². The summed E-state index contributed by atoms with van der Waals surface area (Å²) in [4.78, 5) is 49.0. The van der Waals surface area contributed by atoms with E-state index in [0.717, 1.165) is 0 Å². The van der Waals surface area contributed by atoms with Crippen LogP contribution in [0.1, 0.15) is 44.9 Å². The molecule has 0 bridgehead atoms. The maximum absolute atomic E-state index is 13.0. The molecule has 1 aromatic carbocycles. The number of esters is 1. The van der Waals surface area contributed by atoms with E-state index in [4.69, 9.17) is 4.74 Å². The fraction of sp³-hybridized carbons (Fsp3) is 0.300. The van der Waals surface area contributed by atoms with Crippen LogP contribution >= 0.6 is 0 Å². The van der Waals surface area contributed by atoms with Gasteiger partial charge in [-0.1, -0.05) is 12.1 Å². The van der Waals surface area contributed by atoms with E-state index in [1.807, 2.05) is 6.92 Å². The third-order valence-electron chi connectivity index (χ3n) is 4.71. The molecule has 146 valence electrons. The zero-order valence-corrected chi connectivity index (χ0v) is 16.3. The van der Waals surface area contributed by atoms with Crippen LogP contribution in [-0.2, 0) is 11.3 Å². The Morgan fingerprint density at radius 2 is 1.89 bits per heavy atom. The fourth-order valence-corrected chi connectivity index (χ4v) is 3.25. The number of aromatic nitrogens is 3. The number of carbonyl (C=O) groups is 2. The van der Waals surface area contributed by atoms with Crippen LogP contribution in [0.15, 0.2) is 29.1 Å². The minimum Gasteiger partial charge on any atom is -0.465 e. The molecule has 2 N–H and O–H groups in total. The molecule has 0 aliphatic heterocycles. The molecule has 0 unspecified atom stereocenters. The lowest BCUT2D eigenvalue weighted by molar-refractivity contribution is 0.0599. The highest BCUT2D eigenvalue weighted by Gasteiger charge is 2.25. The van der Waals surface area contributed by atoms with Gasteiger partial charge in [-0.05, 0) is 38.5 Å². The van der Waals surface area contributed by atoms with Gasteiger partial charge in [-0.2, -0.15) is 0 Å². The lowest BCUT2D eigenvalue weighted by atomic mass is 10.1. The van der Waals surface area contributed by atoms with Crippen LogP contribution in [0.5, 0.6) is 0 Å². The van der Waals surface area contributed by atoms with Gasteiger partial charge in [0.1, 0.15) is 11.5 Å². The number of para-hydroxylation sites is 1. The number of aromatic amines is 2. The molecule has 0 aliphatic carbocycles. The van der Waals surface area contributed by atoms with Crippen LogP contribution < -0.4 is 5.56 Å². The number of nitrogens with one attached hydrogen (secondary N) is 2. The summed E-state index contributed by atoms with van der Waals surface area (Å²) in [5.74, 6) is -0.379. The number of nitrogens with zero attached hydrogens (tertiary/aromatic N) is 2. The van der Waals surface area contributed by atoms with Crippen molar-refractivity contribution in [3.63, 3.8) is 0 Å². The third-order valence-corrected chi connectivity index (χ3v) is 4.71. The van der Waals surface area contributed by atoms with Crippen LogP contribution in [0.25, 0.3) is 10.9 Å². The number of benzene rings is 1. The number of carbonyl (C=O) groups excluding carboxylic acids is 2. The van der Waals surface area contributed by atoms with Gasteiger partial charge in [0.25, 0.3) is 11.5 Å². The Hall–Kier alpha value is -3.42. The summed E-state index contributed by atoms with van der Waals surface area (Å²) in [6.45, 7) is 5.80. The summed E-state index contributed by atoms with van der Waals surface area (Å²) in [5.41, 5.74) is 2.12. The summed E-state index contributed by atoms with van der Waals surface area (Å²) < 4.78 is 4.79. The molecule has 0 saturated heterocycles. The van der Waals surface area contributed by atoms with Gasteiger partial charge < -0.3 is 19.6 Å². The average Bonchev–Trinajstić information content (AvgIpc) is 2.99. The molecule has 8 nitrogen and oxygen atoms in total. The predicted molar refractivity (Wildman–Crippen MR) is 104 cm³/mol. The summed E-state index contributed by atoms with van der Waals surface area (Å²) in [6, 6.07) is 7.04. The molecule has 0 spiro atoms. The van der Waals surface area contributed by atoms with Gasteiger partial charge in [0, 0.05) is 12.2 Å². The Bertz CT molecular complexity index is 1110. The molecular formula is C20H22N4O4. The van der Waals surface area contributed by atoms with E-state index in [0.29, 0.717) is 45.8 Å². The highest BCUT2D eigenvalue weighted by Crippen LogP contribution is 2.21. The zero-order chi connectivity index (χ0) is 20.4. The van der Waals surface area contributed by atoms with E-state index in [2.05, 4.69) is 15.0 Å². The number of aryl methyl sites for hydroxylation is 1. The Morgan fingerprint density at radius 3 is 2.57 bits per heavy atom. The number of hydrogen-bond donors (Lipinski definition) is 2. The van der Waals surface area contributed by atoms with Gasteiger partial charge in [-0.15, -0.1) is 0 Å². The predicted octanol–water partition coefficient (Wildman–Crippen LogP) is 2.32. The molecule has 2 aromatic heterocycles. The summed E-state index contributed by atoms with van der Waals surface area (Å²) in [5, 5.41) is 0.499. The maximum atomic E-state index is 13.0. The molecule has 3 aromatic rings. The van der Waals surface area contributed by atoms with E-state index in [1.165, 1.54) is 7.11 Å². The number of fused-ring (bicyclic) bond motifs is 1. The van der Waals surface area contributed by atoms with Crippen LogP contribution in [0.3, 0.4) is 0 Å². The molecular weight excluding hydrogens is 360 g/mol. The average molecular weight is 382 g/mol. The van der Waals surface area contributed by atoms with E-state index in [9.17, 15) is 14.4 Å². The minimum atomic E-state index is -0.492. The fourth-order valence-electron chi connectivity index (χ4n) is 3.25. The van der Waals surface area contributed by atoms with E-state index >= 15 is 0 Å². The highest BCUT2D eigenvalue weighted by atomic mass is 16.5. The maximum Gasteiger partial charge on any atom is 0.339 e. The number of amides is 1. The second-order valence-corrected chi connectivity index (χ2v) is 6.47. The lowest BCUT2D eigenvalue weighted by Crippen LogP contribution is -2.32. The lowest BCUT2D eigenvalue weighted by Gasteiger charge is -2.20. The largest absolute Gasteiger partial charge is 0.465 e. The monoisotopic (exact) mass is 382 g/mol. The number of hydrogen-bond acceptors (Lipinski definition) is 5. The standard InChI is InChI=1S/C20H22N4O4/c1-5-24(10-15-22-14-9-7-6-8-13(14)18(25)23-15)19(26)17-11(2)16(12(3)21-17)20(27)28-4/h6-9,21H,5,10H2,1-4H3,(H,22,23,25). The van der Waals surface area contributed by atoms with Gasteiger partial charge >= 0.3 is 5.97 Å². The summed E-state index contributed by atoms with van der Waals surface area (Å²) >= 11 is 0. The van der Waals surface area contributed by atoms with Crippen molar-refractivity contribution < 1.29 is 14.3 Å². The third kappa shape index (κ3) is 3.40. The Morgan fingerprint density at radius 1 is 1.18 bits per heavy atom. The molecule has 3 rings (SSSR count). The van der Waals surface area contributed by atoms with E-state index in [-0.39, 0.29) is 18.0 Å². The SMILES string of the molecule is CCN(Cc1nc2ccccc2c(=O)[nH]1)C(=O)c1[nH]c(C)c(C(=O)OC)c1C. The number of ether oxygens (including phenoxy) is 1. The molecule has 0 aliphatic rings. The molecule has 28 heavy (non-hydrogen) atoms. The number of methoxy groups -OCH3 is 1. The first-order valence-electron chi connectivity index (χ1n) is 8.92. The Balaban J connectivity index is 1.93. The van der Waals surface area contributed by atoms with E-state index < -0.39 is 5.97 Å². The molecule has 1 amide bonds. The quantitative estimate of drug-likeness (QED) is 0.659. The summed E-state index contributed by atoms with van der Waals surface area (Å²) in [6.07, 6.45) is 0. The smallest absolute Gasteiger partial charge is 0.339 e. The van der Waals surface area contributed by atoms with Gasteiger partial charge in [0.2, 0.25) is 0 Å². The Labute approximate surface area is 161 Å². The van der Waals surface area contributed by atoms with Crippen LogP contribution in [-0.4, -0.2) is 45.4 Å². The normalized spacial score (nSPS) is 10.9. The zero-order valence-electron chi connectivity index (χ0n) is 16.3. The van der Waals surface area contributed by atoms with Crippen molar-refractivity contribution in [1.29, 1.82) is 0 Å². The summed E-state index contributed by atoms with van der Waals surface area (Å²) in [7, 11) is 1.30. The van der Waals surface area contributed by atoms with Gasteiger partial charge in [0.15, 0.2) is 0 Å². The van der Waals surface area contributed by atoms with Crippen molar-refractivity contribution in [2.45, 2.75) is 27.3 Å². The van der Waals surface area contributed by atoms with Crippen LogP contribution in [0.4, 0.5) is 0 Å². The number of H-pyrrole nitrogens is 2. The Kier molecular flexibility index (Phi) is 5.30. The topological polar surface area (TPSA) is 108 Å². The first kappa shape index (κ1) is 19.3. The number of rotatable bonds is 5. The van der Waals surface area contributed by atoms with Crippen LogP contribution in [0, 0.1) is 13.8 Å². The van der Waals surface area contributed by atoms with Crippen molar-refractivity contribution >= 4 is 22.8 Å². The molecule has 8 heteroatoms. The first-order chi connectivity index (χ1) is 13.4.